The number of fused-ring (bicyclic) bond motifs is 1. The molecule has 3 aromatic carbocycles. The van der Waals surface area contributed by atoms with Crippen molar-refractivity contribution in [2.24, 2.45) is 0 Å². The van der Waals surface area contributed by atoms with Crippen molar-refractivity contribution in [1.29, 1.82) is 0 Å². The van der Waals surface area contributed by atoms with Crippen molar-refractivity contribution >= 4 is 22.5 Å². The van der Waals surface area contributed by atoms with E-state index in [9.17, 15) is 0 Å². The standard InChI is InChI=1S/C28H31NO/c1-27(2,3)20-15-16-21(19-11-8-7-9-12-19)24(17-20)29-26-18-22-23(28(4,5)6)13-10-14-25(22)30-26/h7-18,29H,1-6H3. The summed E-state index contributed by atoms with van der Waals surface area (Å²) >= 11 is 0. The molecule has 0 spiro atoms. The van der Waals surface area contributed by atoms with Gasteiger partial charge < -0.3 is 9.73 Å². The number of benzene rings is 3. The van der Waals surface area contributed by atoms with Crippen molar-refractivity contribution in [2.75, 3.05) is 5.32 Å². The molecule has 0 saturated heterocycles. The van der Waals surface area contributed by atoms with Crippen LogP contribution in [0.25, 0.3) is 22.1 Å². The second-order valence-electron chi connectivity index (χ2n) is 10.1. The van der Waals surface area contributed by atoms with Crippen molar-refractivity contribution in [3.05, 3.63) is 83.9 Å². The summed E-state index contributed by atoms with van der Waals surface area (Å²) in [6, 6.07) is 25.6. The summed E-state index contributed by atoms with van der Waals surface area (Å²) in [6.45, 7) is 13.4. The number of hydrogen-bond acceptors (Lipinski definition) is 2. The van der Waals surface area contributed by atoms with E-state index >= 15 is 0 Å². The van der Waals surface area contributed by atoms with Crippen molar-refractivity contribution < 1.29 is 4.42 Å². The number of nitrogens with one attached hydrogen (secondary N) is 1. The summed E-state index contributed by atoms with van der Waals surface area (Å²) in [5, 5.41) is 4.75. The van der Waals surface area contributed by atoms with Crippen LogP contribution >= 0.6 is 0 Å². The highest BCUT2D eigenvalue weighted by atomic mass is 16.3. The molecule has 0 atom stereocenters. The Morgan fingerprint density at radius 1 is 0.700 bits per heavy atom. The molecule has 0 fully saturated rings. The minimum atomic E-state index is 0.0575. The van der Waals surface area contributed by atoms with Gasteiger partial charge in [-0.05, 0) is 39.7 Å². The van der Waals surface area contributed by atoms with Crippen LogP contribution in [-0.4, -0.2) is 0 Å². The molecule has 0 bridgehead atoms. The Kier molecular flexibility index (Phi) is 4.97. The Bertz CT molecular complexity index is 1170. The van der Waals surface area contributed by atoms with E-state index in [2.05, 4.69) is 108 Å². The molecule has 30 heavy (non-hydrogen) atoms. The number of hydrogen-bond donors (Lipinski definition) is 1. The second-order valence-corrected chi connectivity index (χ2v) is 10.1. The minimum absolute atomic E-state index is 0.0575. The largest absolute Gasteiger partial charge is 0.440 e. The lowest BCUT2D eigenvalue weighted by molar-refractivity contribution is 0.590. The lowest BCUT2D eigenvalue weighted by Gasteiger charge is -2.22. The SMILES string of the molecule is CC(C)(C)c1ccc(-c2ccccc2)c(Nc2cc3c(C(C)(C)C)cccc3o2)c1. The predicted octanol–water partition coefficient (Wildman–Crippen LogP) is 8.44. The topological polar surface area (TPSA) is 25.2 Å². The van der Waals surface area contributed by atoms with Crippen LogP contribution in [0.2, 0.25) is 0 Å². The summed E-state index contributed by atoms with van der Waals surface area (Å²) in [7, 11) is 0. The first-order valence-electron chi connectivity index (χ1n) is 10.6. The van der Waals surface area contributed by atoms with Crippen molar-refractivity contribution in [2.45, 2.75) is 52.4 Å². The third-order valence-electron chi connectivity index (χ3n) is 5.60. The molecule has 0 radical (unpaired) electrons. The monoisotopic (exact) mass is 397 g/mol. The van der Waals surface area contributed by atoms with Gasteiger partial charge in [0.1, 0.15) is 5.58 Å². The molecule has 0 aliphatic carbocycles. The second kappa shape index (κ2) is 7.36. The van der Waals surface area contributed by atoms with Gasteiger partial charge in [-0.25, -0.2) is 0 Å². The van der Waals surface area contributed by atoms with Crippen LogP contribution in [0.5, 0.6) is 0 Å². The van der Waals surface area contributed by atoms with E-state index in [1.807, 2.05) is 12.1 Å². The van der Waals surface area contributed by atoms with Gasteiger partial charge in [-0.15, -0.1) is 0 Å². The van der Waals surface area contributed by atoms with E-state index in [4.69, 9.17) is 4.42 Å². The van der Waals surface area contributed by atoms with Gasteiger partial charge in [0.05, 0.1) is 0 Å². The van der Waals surface area contributed by atoms with Crippen LogP contribution in [0.1, 0.15) is 52.7 Å². The van der Waals surface area contributed by atoms with E-state index in [1.165, 1.54) is 27.6 Å². The fourth-order valence-electron chi connectivity index (χ4n) is 3.89. The lowest BCUT2D eigenvalue weighted by Crippen LogP contribution is -2.11. The Labute approximate surface area is 179 Å². The summed E-state index contributed by atoms with van der Waals surface area (Å²) < 4.78 is 6.21. The highest BCUT2D eigenvalue weighted by molar-refractivity contribution is 5.88. The average molecular weight is 398 g/mol. The molecular weight excluding hydrogens is 366 g/mol. The number of anilines is 2. The van der Waals surface area contributed by atoms with Gasteiger partial charge >= 0.3 is 0 Å². The molecule has 1 N–H and O–H groups in total. The van der Waals surface area contributed by atoms with Gasteiger partial charge in [-0.1, -0.05) is 96.1 Å². The first kappa shape index (κ1) is 20.3. The highest BCUT2D eigenvalue weighted by Gasteiger charge is 2.20. The smallest absolute Gasteiger partial charge is 0.198 e. The molecule has 1 aromatic heterocycles. The molecule has 154 valence electrons. The van der Waals surface area contributed by atoms with Crippen LogP contribution in [0.3, 0.4) is 0 Å². The number of furan rings is 1. The third-order valence-corrected chi connectivity index (χ3v) is 5.60. The van der Waals surface area contributed by atoms with Crippen molar-refractivity contribution in [3.8, 4) is 11.1 Å². The maximum Gasteiger partial charge on any atom is 0.198 e. The normalized spacial score (nSPS) is 12.3. The maximum absolute atomic E-state index is 6.21. The van der Waals surface area contributed by atoms with Crippen LogP contribution in [0.15, 0.2) is 77.2 Å². The fourth-order valence-corrected chi connectivity index (χ4v) is 3.89. The minimum Gasteiger partial charge on any atom is -0.440 e. The quantitative estimate of drug-likeness (QED) is 0.375. The van der Waals surface area contributed by atoms with E-state index in [1.54, 1.807) is 0 Å². The maximum atomic E-state index is 6.21. The summed E-state index contributed by atoms with van der Waals surface area (Å²) in [5.41, 5.74) is 7.04. The first-order valence-corrected chi connectivity index (χ1v) is 10.6. The van der Waals surface area contributed by atoms with Gasteiger partial charge in [0, 0.05) is 22.7 Å². The first-order chi connectivity index (χ1) is 14.1. The molecule has 0 aliphatic rings. The summed E-state index contributed by atoms with van der Waals surface area (Å²) in [4.78, 5) is 0. The van der Waals surface area contributed by atoms with Gasteiger partial charge in [-0.2, -0.15) is 0 Å². The summed E-state index contributed by atoms with van der Waals surface area (Å²) in [6.07, 6.45) is 0. The van der Waals surface area contributed by atoms with Crippen LogP contribution in [-0.2, 0) is 10.8 Å². The van der Waals surface area contributed by atoms with Gasteiger partial charge in [0.15, 0.2) is 5.88 Å². The molecular formula is C28H31NO. The van der Waals surface area contributed by atoms with E-state index in [0.29, 0.717) is 0 Å². The Hall–Kier alpha value is -3.00. The Morgan fingerprint density at radius 2 is 1.43 bits per heavy atom. The van der Waals surface area contributed by atoms with Crippen molar-refractivity contribution in [3.63, 3.8) is 0 Å². The third kappa shape index (κ3) is 4.00. The molecule has 2 nitrogen and oxygen atoms in total. The predicted molar refractivity (Wildman–Crippen MR) is 129 cm³/mol. The van der Waals surface area contributed by atoms with Gasteiger partial charge in [-0.3, -0.25) is 0 Å². The number of rotatable bonds is 3. The van der Waals surface area contributed by atoms with Crippen molar-refractivity contribution in [1.82, 2.24) is 0 Å². The highest BCUT2D eigenvalue weighted by Crippen LogP contribution is 2.38. The molecule has 0 aliphatic heterocycles. The van der Waals surface area contributed by atoms with Crippen LogP contribution < -0.4 is 5.32 Å². The van der Waals surface area contributed by atoms with Gasteiger partial charge in [0.25, 0.3) is 0 Å². The molecule has 0 unspecified atom stereocenters. The molecule has 4 rings (SSSR count). The molecule has 4 aromatic rings. The zero-order chi connectivity index (χ0) is 21.5. The molecule has 2 heteroatoms. The van der Waals surface area contributed by atoms with E-state index < -0.39 is 0 Å². The summed E-state index contributed by atoms with van der Waals surface area (Å²) in [5.74, 6) is 0.768. The fraction of sp³-hybridized carbons (Fsp3) is 0.286. The van der Waals surface area contributed by atoms with Gasteiger partial charge in [0.2, 0.25) is 0 Å². The van der Waals surface area contributed by atoms with E-state index in [0.717, 1.165) is 17.2 Å². The lowest BCUT2D eigenvalue weighted by atomic mass is 9.85. The van der Waals surface area contributed by atoms with E-state index in [-0.39, 0.29) is 10.8 Å². The average Bonchev–Trinajstić information content (AvgIpc) is 3.09. The van der Waals surface area contributed by atoms with Crippen LogP contribution in [0, 0.1) is 0 Å². The molecule has 0 saturated carbocycles. The molecule has 0 amide bonds. The zero-order valence-electron chi connectivity index (χ0n) is 18.8. The molecule has 1 heterocycles. The van der Waals surface area contributed by atoms with Crippen LogP contribution in [0.4, 0.5) is 11.6 Å². The Balaban J connectivity index is 1.82. The zero-order valence-corrected chi connectivity index (χ0v) is 18.8. The Morgan fingerprint density at radius 3 is 2.10 bits per heavy atom.